The van der Waals surface area contributed by atoms with E-state index in [4.69, 9.17) is 12.2 Å². The highest BCUT2D eigenvalue weighted by molar-refractivity contribution is 7.98. The van der Waals surface area contributed by atoms with E-state index in [0.29, 0.717) is 17.3 Å². The molecule has 0 saturated carbocycles. The molecule has 0 spiro atoms. The Morgan fingerprint density at radius 1 is 1.04 bits per heavy atom. The Morgan fingerprint density at radius 2 is 1.80 bits per heavy atom. The number of hydrogen-bond donors (Lipinski definition) is 2. The van der Waals surface area contributed by atoms with Crippen molar-refractivity contribution in [2.24, 2.45) is 0 Å². The molecule has 2 aromatic rings. The molecule has 2 rings (SSSR count). The molecule has 2 aromatic carbocycles. The van der Waals surface area contributed by atoms with Gasteiger partial charge in [0, 0.05) is 18.0 Å². The Kier molecular flexibility index (Phi) is 7.58. The Labute approximate surface area is 155 Å². The summed E-state index contributed by atoms with van der Waals surface area (Å²) in [6.45, 7) is 0.673. The third-order valence-corrected chi connectivity index (χ3v) is 4.67. The highest BCUT2D eigenvalue weighted by Crippen LogP contribution is 2.30. The van der Waals surface area contributed by atoms with Gasteiger partial charge in [-0.2, -0.15) is 24.9 Å². The van der Waals surface area contributed by atoms with Crippen molar-refractivity contribution in [3.63, 3.8) is 0 Å². The van der Waals surface area contributed by atoms with E-state index in [9.17, 15) is 13.2 Å². The zero-order valence-electron chi connectivity index (χ0n) is 13.5. The van der Waals surface area contributed by atoms with Gasteiger partial charge < -0.3 is 10.6 Å². The Hall–Kier alpha value is -1.73. The van der Waals surface area contributed by atoms with Crippen LogP contribution in [-0.4, -0.2) is 17.4 Å². The van der Waals surface area contributed by atoms with Gasteiger partial charge in [0.1, 0.15) is 0 Å². The first kappa shape index (κ1) is 19.6. The maximum atomic E-state index is 12.7. The number of alkyl halides is 3. The van der Waals surface area contributed by atoms with Crippen LogP contribution in [0.3, 0.4) is 0 Å². The largest absolute Gasteiger partial charge is 0.416 e. The number of hydrogen-bond acceptors (Lipinski definition) is 2. The van der Waals surface area contributed by atoms with E-state index in [1.165, 1.54) is 11.6 Å². The van der Waals surface area contributed by atoms with E-state index in [-0.39, 0.29) is 0 Å². The van der Waals surface area contributed by atoms with Crippen LogP contribution in [0.2, 0.25) is 0 Å². The average Bonchev–Trinajstić information content (AvgIpc) is 2.58. The van der Waals surface area contributed by atoms with Crippen LogP contribution in [0.15, 0.2) is 54.6 Å². The number of rotatable bonds is 7. The first-order valence-corrected chi connectivity index (χ1v) is 9.35. The molecule has 0 fully saturated rings. The Morgan fingerprint density at radius 3 is 2.52 bits per heavy atom. The summed E-state index contributed by atoms with van der Waals surface area (Å²) in [6.07, 6.45) is -3.44. The van der Waals surface area contributed by atoms with Crippen molar-refractivity contribution in [2.75, 3.05) is 17.6 Å². The lowest BCUT2D eigenvalue weighted by Crippen LogP contribution is -2.29. The van der Waals surface area contributed by atoms with Crippen molar-refractivity contribution in [2.45, 2.75) is 18.3 Å². The van der Waals surface area contributed by atoms with Crippen LogP contribution in [0, 0.1) is 0 Å². The minimum absolute atomic E-state index is 0.325. The van der Waals surface area contributed by atoms with Crippen LogP contribution in [-0.2, 0) is 11.9 Å². The number of benzene rings is 2. The van der Waals surface area contributed by atoms with Gasteiger partial charge in [0.2, 0.25) is 0 Å². The predicted octanol–water partition coefficient (Wildman–Crippen LogP) is 5.32. The smallest absolute Gasteiger partial charge is 0.362 e. The van der Waals surface area contributed by atoms with Crippen LogP contribution in [0.25, 0.3) is 0 Å². The van der Waals surface area contributed by atoms with Gasteiger partial charge in [0.25, 0.3) is 0 Å². The van der Waals surface area contributed by atoms with E-state index < -0.39 is 11.7 Å². The molecule has 0 aliphatic heterocycles. The summed E-state index contributed by atoms with van der Waals surface area (Å²) < 4.78 is 38.0. The van der Waals surface area contributed by atoms with Crippen LogP contribution in [0.4, 0.5) is 18.9 Å². The normalized spacial score (nSPS) is 11.2. The average molecular weight is 384 g/mol. The predicted molar refractivity (Wildman–Crippen MR) is 103 cm³/mol. The number of nitrogens with one attached hydrogen (secondary N) is 2. The van der Waals surface area contributed by atoms with Crippen LogP contribution >= 0.6 is 24.0 Å². The van der Waals surface area contributed by atoms with Gasteiger partial charge in [-0.15, -0.1) is 0 Å². The molecule has 134 valence electrons. The summed E-state index contributed by atoms with van der Waals surface area (Å²) in [5.41, 5.74) is 0.922. The molecule has 0 bridgehead atoms. The lowest BCUT2D eigenvalue weighted by atomic mass is 10.2. The number of thioether (sulfide) groups is 1. The summed E-state index contributed by atoms with van der Waals surface area (Å²) in [5, 5.41) is 6.12. The molecule has 0 heterocycles. The first-order chi connectivity index (χ1) is 11.9. The molecular weight excluding hydrogens is 365 g/mol. The summed E-state index contributed by atoms with van der Waals surface area (Å²) in [5.74, 6) is 1.95. The minimum Gasteiger partial charge on any atom is -0.362 e. The molecular formula is C18H19F3N2S2. The van der Waals surface area contributed by atoms with Gasteiger partial charge in [-0.25, -0.2) is 0 Å². The molecule has 0 radical (unpaired) electrons. The first-order valence-electron chi connectivity index (χ1n) is 7.79. The highest BCUT2D eigenvalue weighted by Gasteiger charge is 2.30. The van der Waals surface area contributed by atoms with Gasteiger partial charge in [-0.1, -0.05) is 36.4 Å². The second kappa shape index (κ2) is 9.68. The van der Waals surface area contributed by atoms with E-state index in [0.717, 1.165) is 30.1 Å². The maximum Gasteiger partial charge on any atom is 0.416 e. The zero-order valence-corrected chi connectivity index (χ0v) is 15.1. The number of thiocarbonyl (C=S) groups is 1. The molecule has 0 atom stereocenters. The molecule has 0 aromatic heterocycles. The lowest BCUT2D eigenvalue weighted by Gasteiger charge is -2.12. The summed E-state index contributed by atoms with van der Waals surface area (Å²) >= 11 is 6.95. The monoisotopic (exact) mass is 384 g/mol. The van der Waals surface area contributed by atoms with Crippen LogP contribution in [0.5, 0.6) is 0 Å². The van der Waals surface area contributed by atoms with Gasteiger partial charge in [-0.05, 0) is 48.2 Å². The maximum absolute atomic E-state index is 12.7. The fraction of sp³-hybridized carbons (Fsp3) is 0.278. The molecule has 0 amide bonds. The van der Waals surface area contributed by atoms with Crippen molar-refractivity contribution in [1.82, 2.24) is 5.32 Å². The molecule has 0 aliphatic carbocycles. The molecule has 2 N–H and O–H groups in total. The second-order valence-electron chi connectivity index (χ2n) is 5.35. The summed E-state index contributed by atoms with van der Waals surface area (Å²) in [4.78, 5) is 0. The van der Waals surface area contributed by atoms with Gasteiger partial charge in [0.15, 0.2) is 5.11 Å². The van der Waals surface area contributed by atoms with Crippen molar-refractivity contribution in [1.29, 1.82) is 0 Å². The van der Waals surface area contributed by atoms with Crippen molar-refractivity contribution >= 4 is 34.8 Å². The molecule has 25 heavy (non-hydrogen) atoms. The molecule has 7 heteroatoms. The van der Waals surface area contributed by atoms with Gasteiger partial charge in [0.05, 0.1) is 5.56 Å². The third kappa shape index (κ3) is 7.36. The number of anilines is 1. The summed E-state index contributed by atoms with van der Waals surface area (Å²) in [7, 11) is 0. The summed E-state index contributed by atoms with van der Waals surface area (Å²) in [6, 6.07) is 15.2. The number of halogens is 3. The second-order valence-corrected chi connectivity index (χ2v) is 6.86. The topological polar surface area (TPSA) is 24.1 Å². The fourth-order valence-electron chi connectivity index (χ4n) is 2.09. The zero-order chi connectivity index (χ0) is 18.1. The van der Waals surface area contributed by atoms with E-state index in [2.05, 4.69) is 22.8 Å². The highest BCUT2D eigenvalue weighted by atomic mass is 32.2. The van der Waals surface area contributed by atoms with E-state index in [1.807, 2.05) is 30.0 Å². The quantitative estimate of drug-likeness (QED) is 0.499. The van der Waals surface area contributed by atoms with Gasteiger partial charge >= 0.3 is 6.18 Å². The van der Waals surface area contributed by atoms with E-state index >= 15 is 0 Å². The third-order valence-electron chi connectivity index (χ3n) is 3.31. The van der Waals surface area contributed by atoms with Crippen molar-refractivity contribution in [3.05, 3.63) is 65.7 Å². The van der Waals surface area contributed by atoms with Crippen molar-refractivity contribution in [3.8, 4) is 0 Å². The standard InChI is InChI=1S/C18H19F3N2S2/c19-18(20,21)15-8-4-9-16(12-15)23-17(24)22-10-5-11-25-13-14-6-2-1-3-7-14/h1-4,6-9,12H,5,10-11,13H2,(H2,22,23,24). The Bertz CT molecular complexity index is 676. The molecule has 0 saturated heterocycles. The van der Waals surface area contributed by atoms with Crippen LogP contribution in [0.1, 0.15) is 17.5 Å². The Balaban J connectivity index is 1.64. The minimum atomic E-state index is -4.36. The van der Waals surface area contributed by atoms with Gasteiger partial charge in [-0.3, -0.25) is 0 Å². The SMILES string of the molecule is FC(F)(F)c1cccc(NC(=S)NCCCSCc2ccccc2)c1. The fourth-order valence-corrected chi connectivity index (χ4v) is 3.23. The van der Waals surface area contributed by atoms with Crippen molar-refractivity contribution < 1.29 is 13.2 Å². The van der Waals surface area contributed by atoms with E-state index in [1.54, 1.807) is 6.07 Å². The molecule has 0 aliphatic rings. The molecule has 2 nitrogen and oxygen atoms in total. The molecule has 0 unspecified atom stereocenters. The van der Waals surface area contributed by atoms with Crippen LogP contribution < -0.4 is 10.6 Å². The lowest BCUT2D eigenvalue weighted by molar-refractivity contribution is -0.137.